The summed E-state index contributed by atoms with van der Waals surface area (Å²) in [5, 5.41) is 2.87. The Bertz CT molecular complexity index is 855. The second-order valence-electron chi connectivity index (χ2n) is 6.80. The Labute approximate surface area is 164 Å². The minimum Gasteiger partial charge on any atom is -0.465 e. The number of carbonyl (C=O) groups excluding carboxylic acids is 3. The predicted molar refractivity (Wildman–Crippen MR) is 104 cm³/mol. The quantitative estimate of drug-likeness (QED) is 0.712. The van der Waals surface area contributed by atoms with Crippen molar-refractivity contribution < 1.29 is 23.9 Å². The van der Waals surface area contributed by atoms with Crippen molar-refractivity contribution in [1.29, 1.82) is 0 Å². The summed E-state index contributed by atoms with van der Waals surface area (Å²) in [6.45, 7) is 6.92. The SMILES string of the molecule is COC(=O)c1c(C)[nH]c(C(=O)NC(CC(=O)OC(C)C)c2ccccc2)c1C. The summed E-state index contributed by atoms with van der Waals surface area (Å²) in [5.41, 5.74) is 2.42. The van der Waals surface area contributed by atoms with E-state index in [4.69, 9.17) is 9.47 Å². The summed E-state index contributed by atoms with van der Waals surface area (Å²) < 4.78 is 10.0. The number of esters is 2. The highest BCUT2D eigenvalue weighted by Gasteiger charge is 2.26. The molecule has 2 rings (SSSR count). The molecule has 0 radical (unpaired) electrons. The normalized spacial score (nSPS) is 11.8. The van der Waals surface area contributed by atoms with E-state index < -0.39 is 23.9 Å². The summed E-state index contributed by atoms with van der Waals surface area (Å²) in [6.07, 6.45) is -0.244. The number of rotatable bonds is 7. The summed E-state index contributed by atoms with van der Waals surface area (Å²) >= 11 is 0. The molecule has 1 aromatic heterocycles. The second-order valence-corrected chi connectivity index (χ2v) is 6.80. The molecule has 1 unspecified atom stereocenters. The molecular formula is C21H26N2O5. The van der Waals surface area contributed by atoms with Crippen LogP contribution in [0.1, 0.15) is 64.0 Å². The van der Waals surface area contributed by atoms with Crippen LogP contribution in [0, 0.1) is 13.8 Å². The van der Waals surface area contributed by atoms with Crippen LogP contribution in [0.15, 0.2) is 30.3 Å². The molecule has 0 aliphatic rings. The molecule has 0 aliphatic carbocycles. The van der Waals surface area contributed by atoms with Crippen LogP contribution < -0.4 is 5.32 Å². The van der Waals surface area contributed by atoms with Gasteiger partial charge in [0.25, 0.3) is 5.91 Å². The van der Waals surface area contributed by atoms with E-state index in [0.717, 1.165) is 5.56 Å². The maximum absolute atomic E-state index is 12.9. The molecule has 0 bridgehead atoms. The van der Waals surface area contributed by atoms with E-state index in [1.165, 1.54) is 7.11 Å². The first-order chi connectivity index (χ1) is 13.2. The number of aromatic nitrogens is 1. The summed E-state index contributed by atoms with van der Waals surface area (Å²) in [5.74, 6) is -1.33. The van der Waals surface area contributed by atoms with Crippen molar-refractivity contribution in [1.82, 2.24) is 10.3 Å². The number of ether oxygens (including phenoxy) is 2. The zero-order valence-electron chi connectivity index (χ0n) is 16.8. The third kappa shape index (κ3) is 5.00. The zero-order valence-corrected chi connectivity index (χ0v) is 16.8. The largest absolute Gasteiger partial charge is 0.465 e. The minimum absolute atomic E-state index is 0.00344. The van der Waals surface area contributed by atoms with Crippen LogP contribution in [-0.4, -0.2) is 36.0 Å². The molecule has 0 spiro atoms. The van der Waals surface area contributed by atoms with Crippen molar-refractivity contribution in [3.63, 3.8) is 0 Å². The van der Waals surface area contributed by atoms with Crippen molar-refractivity contribution in [2.75, 3.05) is 7.11 Å². The highest BCUT2D eigenvalue weighted by Crippen LogP contribution is 2.22. The van der Waals surface area contributed by atoms with Crippen molar-refractivity contribution >= 4 is 17.8 Å². The van der Waals surface area contributed by atoms with E-state index in [1.807, 2.05) is 30.3 Å². The average Bonchev–Trinajstić information content (AvgIpc) is 2.95. The smallest absolute Gasteiger partial charge is 0.339 e. The van der Waals surface area contributed by atoms with Gasteiger partial charge in [0.2, 0.25) is 0 Å². The van der Waals surface area contributed by atoms with E-state index in [-0.39, 0.29) is 18.2 Å². The van der Waals surface area contributed by atoms with Gasteiger partial charge < -0.3 is 19.8 Å². The van der Waals surface area contributed by atoms with Crippen LogP contribution >= 0.6 is 0 Å². The molecule has 7 nitrogen and oxygen atoms in total. The standard InChI is InChI=1S/C21H26N2O5/c1-12(2)28-17(24)11-16(15-9-7-6-8-10-15)23-20(25)19-13(3)18(14(4)22-19)21(26)27-5/h6-10,12,16,22H,11H2,1-5H3,(H,23,25). The highest BCUT2D eigenvalue weighted by molar-refractivity contribution is 6.00. The maximum atomic E-state index is 12.9. The fraction of sp³-hybridized carbons (Fsp3) is 0.381. The number of hydrogen-bond acceptors (Lipinski definition) is 5. The van der Waals surface area contributed by atoms with E-state index in [1.54, 1.807) is 27.7 Å². The fourth-order valence-corrected chi connectivity index (χ4v) is 3.03. The molecule has 1 atom stereocenters. The van der Waals surface area contributed by atoms with Gasteiger partial charge in [-0.2, -0.15) is 0 Å². The third-order valence-electron chi connectivity index (χ3n) is 4.30. The molecule has 1 amide bonds. The molecule has 28 heavy (non-hydrogen) atoms. The molecule has 0 saturated carbocycles. The van der Waals surface area contributed by atoms with Gasteiger partial charge in [0.15, 0.2) is 0 Å². The average molecular weight is 386 g/mol. The van der Waals surface area contributed by atoms with Crippen LogP contribution in [0.4, 0.5) is 0 Å². The molecule has 2 N–H and O–H groups in total. The minimum atomic E-state index is -0.565. The molecular weight excluding hydrogens is 360 g/mol. The summed E-state index contributed by atoms with van der Waals surface area (Å²) in [4.78, 5) is 39.9. The number of amides is 1. The van der Waals surface area contributed by atoms with Gasteiger partial charge in [-0.25, -0.2) is 4.79 Å². The second kappa shape index (κ2) is 9.21. The van der Waals surface area contributed by atoms with Crippen molar-refractivity contribution in [2.24, 2.45) is 0 Å². The van der Waals surface area contributed by atoms with E-state index in [0.29, 0.717) is 16.8 Å². The number of methoxy groups -OCH3 is 1. The Morgan fingerprint density at radius 1 is 1.11 bits per heavy atom. The molecule has 0 fully saturated rings. The Kier molecular flexibility index (Phi) is 6.98. The number of nitrogens with one attached hydrogen (secondary N) is 2. The lowest BCUT2D eigenvalue weighted by Gasteiger charge is -2.19. The number of carbonyl (C=O) groups is 3. The Hall–Kier alpha value is -3.09. The Morgan fingerprint density at radius 2 is 1.75 bits per heavy atom. The number of H-pyrrole nitrogens is 1. The zero-order chi connectivity index (χ0) is 20.8. The van der Waals surface area contributed by atoms with E-state index in [2.05, 4.69) is 10.3 Å². The number of hydrogen-bond donors (Lipinski definition) is 2. The van der Waals surface area contributed by atoms with Crippen molar-refractivity contribution in [3.8, 4) is 0 Å². The Morgan fingerprint density at radius 3 is 2.32 bits per heavy atom. The first-order valence-electron chi connectivity index (χ1n) is 9.07. The van der Waals surface area contributed by atoms with Crippen molar-refractivity contribution in [2.45, 2.75) is 46.3 Å². The van der Waals surface area contributed by atoms with Crippen LogP contribution in [0.2, 0.25) is 0 Å². The van der Waals surface area contributed by atoms with Gasteiger partial charge >= 0.3 is 11.9 Å². The lowest BCUT2D eigenvalue weighted by atomic mass is 10.0. The van der Waals surface area contributed by atoms with Gasteiger partial charge in [-0.1, -0.05) is 30.3 Å². The van der Waals surface area contributed by atoms with Gasteiger partial charge in [-0.15, -0.1) is 0 Å². The molecule has 2 aromatic rings. The lowest BCUT2D eigenvalue weighted by Crippen LogP contribution is -2.31. The van der Waals surface area contributed by atoms with Gasteiger partial charge in [0.1, 0.15) is 5.69 Å². The highest BCUT2D eigenvalue weighted by atomic mass is 16.5. The van der Waals surface area contributed by atoms with E-state index >= 15 is 0 Å². The topological polar surface area (TPSA) is 97.5 Å². The number of aryl methyl sites for hydroxylation is 1. The third-order valence-corrected chi connectivity index (χ3v) is 4.30. The maximum Gasteiger partial charge on any atom is 0.339 e. The lowest BCUT2D eigenvalue weighted by molar-refractivity contribution is -0.147. The van der Waals surface area contributed by atoms with Gasteiger partial charge in [0, 0.05) is 5.69 Å². The Balaban J connectivity index is 2.28. The molecule has 150 valence electrons. The van der Waals surface area contributed by atoms with Crippen LogP contribution in [0.3, 0.4) is 0 Å². The molecule has 0 saturated heterocycles. The van der Waals surface area contributed by atoms with Gasteiger partial charge in [-0.3, -0.25) is 9.59 Å². The summed E-state index contributed by atoms with van der Waals surface area (Å²) in [6, 6.07) is 8.63. The van der Waals surface area contributed by atoms with Gasteiger partial charge in [-0.05, 0) is 38.8 Å². The first-order valence-corrected chi connectivity index (χ1v) is 9.07. The monoisotopic (exact) mass is 386 g/mol. The fourth-order valence-electron chi connectivity index (χ4n) is 3.03. The number of aromatic amines is 1. The predicted octanol–water partition coefficient (Wildman–Crippen LogP) is 3.23. The molecule has 0 aliphatic heterocycles. The first kappa shape index (κ1) is 21.2. The van der Waals surface area contributed by atoms with Gasteiger partial charge in [0.05, 0.1) is 31.2 Å². The van der Waals surface area contributed by atoms with E-state index in [9.17, 15) is 14.4 Å². The molecule has 1 heterocycles. The number of benzene rings is 1. The molecule has 1 aromatic carbocycles. The van der Waals surface area contributed by atoms with Crippen LogP contribution in [0.25, 0.3) is 0 Å². The van der Waals surface area contributed by atoms with Crippen molar-refractivity contribution in [3.05, 3.63) is 58.4 Å². The molecule has 7 heteroatoms. The summed E-state index contributed by atoms with van der Waals surface area (Å²) in [7, 11) is 1.29. The van der Waals surface area contributed by atoms with Crippen LogP contribution in [0.5, 0.6) is 0 Å². The van der Waals surface area contributed by atoms with Crippen LogP contribution in [-0.2, 0) is 14.3 Å².